The van der Waals surface area contributed by atoms with E-state index in [4.69, 9.17) is 6.42 Å². The standard InChI is InChI=1S/C10H20N2O2S/c1-5-8-12(6-2)15(13,14)9-7-11-10(3)4/h1,10-11H,6-9H2,2-4H3. The Morgan fingerprint density at radius 2 is 2.07 bits per heavy atom. The molecule has 0 unspecified atom stereocenters. The van der Waals surface area contributed by atoms with Gasteiger partial charge in [-0.25, -0.2) is 8.42 Å². The van der Waals surface area contributed by atoms with E-state index in [1.807, 2.05) is 13.8 Å². The zero-order chi connectivity index (χ0) is 11.9. The van der Waals surface area contributed by atoms with Crippen molar-refractivity contribution in [2.24, 2.45) is 0 Å². The number of sulfonamides is 1. The summed E-state index contributed by atoms with van der Waals surface area (Å²) >= 11 is 0. The minimum Gasteiger partial charge on any atom is -0.313 e. The highest BCUT2D eigenvalue weighted by atomic mass is 32.2. The highest BCUT2D eigenvalue weighted by Crippen LogP contribution is 1.99. The molecule has 4 nitrogen and oxygen atoms in total. The molecule has 0 rings (SSSR count). The van der Waals surface area contributed by atoms with Crippen LogP contribution in [0.1, 0.15) is 20.8 Å². The maximum Gasteiger partial charge on any atom is 0.216 e. The van der Waals surface area contributed by atoms with Gasteiger partial charge in [-0.1, -0.05) is 26.7 Å². The van der Waals surface area contributed by atoms with Crippen LogP contribution in [0, 0.1) is 12.3 Å². The summed E-state index contributed by atoms with van der Waals surface area (Å²) in [5, 5.41) is 3.07. The highest BCUT2D eigenvalue weighted by molar-refractivity contribution is 7.89. The molecule has 0 heterocycles. The van der Waals surface area contributed by atoms with E-state index in [1.54, 1.807) is 6.92 Å². The van der Waals surface area contributed by atoms with E-state index in [-0.39, 0.29) is 12.3 Å². The lowest BCUT2D eigenvalue weighted by Crippen LogP contribution is -2.37. The summed E-state index contributed by atoms with van der Waals surface area (Å²) in [5.41, 5.74) is 0. The zero-order valence-electron chi connectivity index (χ0n) is 9.66. The van der Waals surface area contributed by atoms with Gasteiger partial charge in [0.15, 0.2) is 0 Å². The zero-order valence-corrected chi connectivity index (χ0v) is 10.5. The van der Waals surface area contributed by atoms with Gasteiger partial charge in [0.2, 0.25) is 10.0 Å². The molecule has 0 atom stereocenters. The second kappa shape index (κ2) is 6.83. The van der Waals surface area contributed by atoms with Crippen molar-refractivity contribution >= 4 is 10.0 Å². The van der Waals surface area contributed by atoms with Gasteiger partial charge in [-0.05, 0) is 0 Å². The average molecular weight is 232 g/mol. The van der Waals surface area contributed by atoms with Crippen molar-refractivity contribution in [3.8, 4) is 12.3 Å². The fraction of sp³-hybridized carbons (Fsp3) is 0.800. The number of terminal acetylenes is 1. The van der Waals surface area contributed by atoms with Crippen molar-refractivity contribution in [3.63, 3.8) is 0 Å². The van der Waals surface area contributed by atoms with Gasteiger partial charge in [-0.15, -0.1) is 6.42 Å². The predicted octanol–water partition coefficient (Wildman–Crippen LogP) is 0.269. The molecule has 0 aromatic rings. The van der Waals surface area contributed by atoms with Crippen molar-refractivity contribution < 1.29 is 8.42 Å². The van der Waals surface area contributed by atoms with Crippen LogP contribution in [0.2, 0.25) is 0 Å². The van der Waals surface area contributed by atoms with Crippen molar-refractivity contribution in [2.45, 2.75) is 26.8 Å². The Morgan fingerprint density at radius 1 is 1.47 bits per heavy atom. The Morgan fingerprint density at radius 3 is 2.47 bits per heavy atom. The third kappa shape index (κ3) is 5.78. The van der Waals surface area contributed by atoms with Crippen LogP contribution in [-0.2, 0) is 10.0 Å². The number of rotatable bonds is 7. The molecule has 0 saturated carbocycles. The van der Waals surface area contributed by atoms with Gasteiger partial charge in [0.1, 0.15) is 0 Å². The van der Waals surface area contributed by atoms with E-state index in [9.17, 15) is 8.42 Å². The monoisotopic (exact) mass is 232 g/mol. The van der Waals surface area contributed by atoms with E-state index in [0.717, 1.165) is 0 Å². The smallest absolute Gasteiger partial charge is 0.216 e. The van der Waals surface area contributed by atoms with E-state index in [2.05, 4.69) is 11.2 Å². The lowest BCUT2D eigenvalue weighted by Gasteiger charge is -2.18. The first-order chi connectivity index (χ1) is 6.94. The highest BCUT2D eigenvalue weighted by Gasteiger charge is 2.18. The summed E-state index contributed by atoms with van der Waals surface area (Å²) in [6, 6.07) is 0.294. The Hall–Kier alpha value is -0.570. The molecular formula is C10H20N2O2S. The summed E-state index contributed by atoms with van der Waals surface area (Å²) in [6.45, 7) is 6.78. The van der Waals surface area contributed by atoms with Gasteiger partial charge in [0.25, 0.3) is 0 Å². The molecule has 15 heavy (non-hydrogen) atoms. The number of nitrogens with zero attached hydrogens (tertiary/aromatic N) is 1. The molecule has 88 valence electrons. The second-order valence-corrected chi connectivity index (χ2v) is 5.64. The average Bonchev–Trinajstić information content (AvgIpc) is 2.12. The van der Waals surface area contributed by atoms with Gasteiger partial charge in [0, 0.05) is 19.1 Å². The van der Waals surface area contributed by atoms with Crippen LogP contribution in [0.25, 0.3) is 0 Å². The molecule has 0 aliphatic carbocycles. The fourth-order valence-electron chi connectivity index (χ4n) is 1.11. The molecule has 0 aromatic heterocycles. The summed E-state index contributed by atoms with van der Waals surface area (Å²) in [5.74, 6) is 2.45. The Bertz CT molecular complexity index is 304. The molecule has 1 N–H and O–H groups in total. The van der Waals surface area contributed by atoms with E-state index in [0.29, 0.717) is 19.1 Å². The first-order valence-corrected chi connectivity index (χ1v) is 6.69. The first kappa shape index (κ1) is 14.4. The quantitative estimate of drug-likeness (QED) is 0.641. The lowest BCUT2D eigenvalue weighted by molar-refractivity contribution is 0.461. The largest absolute Gasteiger partial charge is 0.313 e. The number of hydrogen-bond acceptors (Lipinski definition) is 3. The van der Waals surface area contributed by atoms with Gasteiger partial charge in [-0.2, -0.15) is 4.31 Å². The summed E-state index contributed by atoms with van der Waals surface area (Å²) < 4.78 is 24.8. The molecule has 0 bridgehead atoms. The molecular weight excluding hydrogens is 212 g/mol. The summed E-state index contributed by atoms with van der Waals surface area (Å²) in [7, 11) is -3.20. The third-order valence-electron chi connectivity index (χ3n) is 1.93. The lowest BCUT2D eigenvalue weighted by atomic mass is 10.4. The Kier molecular flexibility index (Phi) is 6.57. The van der Waals surface area contributed by atoms with Crippen molar-refractivity contribution in [2.75, 3.05) is 25.4 Å². The van der Waals surface area contributed by atoms with Gasteiger partial charge in [-0.3, -0.25) is 0 Å². The van der Waals surface area contributed by atoms with Crippen LogP contribution in [0.15, 0.2) is 0 Å². The van der Waals surface area contributed by atoms with Gasteiger partial charge in [0.05, 0.1) is 12.3 Å². The van der Waals surface area contributed by atoms with E-state index < -0.39 is 10.0 Å². The fourth-order valence-corrected chi connectivity index (χ4v) is 2.41. The second-order valence-electron chi connectivity index (χ2n) is 3.56. The van der Waals surface area contributed by atoms with Gasteiger partial charge < -0.3 is 5.32 Å². The van der Waals surface area contributed by atoms with Crippen molar-refractivity contribution in [1.29, 1.82) is 0 Å². The van der Waals surface area contributed by atoms with E-state index in [1.165, 1.54) is 4.31 Å². The normalized spacial score (nSPS) is 12.0. The van der Waals surface area contributed by atoms with Crippen molar-refractivity contribution in [3.05, 3.63) is 0 Å². The molecule has 0 aromatic carbocycles. The Balaban J connectivity index is 4.22. The SMILES string of the molecule is C#CCN(CC)S(=O)(=O)CCNC(C)C. The molecule has 0 aliphatic rings. The maximum absolute atomic E-state index is 11.7. The molecule has 5 heteroatoms. The molecule has 0 amide bonds. The van der Waals surface area contributed by atoms with Crippen LogP contribution in [0.4, 0.5) is 0 Å². The van der Waals surface area contributed by atoms with Crippen molar-refractivity contribution in [1.82, 2.24) is 9.62 Å². The van der Waals surface area contributed by atoms with Gasteiger partial charge >= 0.3 is 0 Å². The summed E-state index contributed by atoms with van der Waals surface area (Å²) in [6.07, 6.45) is 5.11. The topological polar surface area (TPSA) is 49.4 Å². The molecule has 0 saturated heterocycles. The first-order valence-electron chi connectivity index (χ1n) is 5.08. The van der Waals surface area contributed by atoms with Crippen LogP contribution in [0.5, 0.6) is 0 Å². The van der Waals surface area contributed by atoms with Crippen LogP contribution < -0.4 is 5.32 Å². The molecule has 0 radical (unpaired) electrons. The Labute approximate surface area is 93.1 Å². The maximum atomic E-state index is 11.7. The minimum atomic E-state index is -3.20. The van der Waals surface area contributed by atoms with E-state index >= 15 is 0 Å². The molecule has 0 spiro atoms. The predicted molar refractivity (Wildman–Crippen MR) is 63.0 cm³/mol. The van der Waals surface area contributed by atoms with Crippen LogP contribution in [0.3, 0.4) is 0 Å². The minimum absolute atomic E-state index is 0.0979. The van der Waals surface area contributed by atoms with Crippen LogP contribution in [-0.4, -0.2) is 44.2 Å². The molecule has 0 fully saturated rings. The third-order valence-corrected chi connectivity index (χ3v) is 3.82. The summed E-state index contributed by atoms with van der Waals surface area (Å²) in [4.78, 5) is 0. The molecule has 0 aliphatic heterocycles. The number of hydrogen-bond donors (Lipinski definition) is 1. The number of nitrogens with one attached hydrogen (secondary N) is 1. The van der Waals surface area contributed by atoms with Crippen LogP contribution >= 0.6 is 0 Å².